The fourth-order valence-corrected chi connectivity index (χ4v) is 2.94. The minimum atomic E-state index is 0.0479. The number of carbonyl (C=O) groups is 1. The van der Waals surface area contributed by atoms with E-state index < -0.39 is 0 Å². The lowest BCUT2D eigenvalue weighted by Gasteiger charge is -2.33. The molecule has 1 amide bonds. The number of benzene rings is 1. The second-order valence-corrected chi connectivity index (χ2v) is 6.48. The van der Waals surface area contributed by atoms with Gasteiger partial charge in [0.1, 0.15) is 0 Å². The monoisotopic (exact) mass is 289 g/mol. The van der Waals surface area contributed by atoms with Gasteiger partial charge in [-0.25, -0.2) is 0 Å². The number of hydrogen-bond donors (Lipinski definition) is 2. The molecule has 2 rings (SSSR count). The zero-order valence-corrected chi connectivity index (χ0v) is 13.4. The van der Waals surface area contributed by atoms with Gasteiger partial charge in [-0.1, -0.05) is 19.9 Å². The molecule has 4 nitrogen and oxygen atoms in total. The highest BCUT2D eigenvalue weighted by molar-refractivity contribution is 5.93. The molecule has 1 fully saturated rings. The molecule has 3 N–H and O–H groups in total. The first-order chi connectivity index (χ1) is 9.95. The number of nitrogens with zero attached hydrogens (tertiary/aromatic N) is 1. The molecular formula is C17H27N3O. The SMILES string of the molecule is Cc1ccc(N)cc1NC(=O)CN1CCC(C(C)C)CC1. The lowest BCUT2D eigenvalue weighted by Crippen LogP contribution is -2.40. The summed E-state index contributed by atoms with van der Waals surface area (Å²) in [5.41, 5.74) is 8.30. The van der Waals surface area contributed by atoms with Gasteiger partial charge in [-0.3, -0.25) is 9.69 Å². The molecule has 4 heteroatoms. The van der Waals surface area contributed by atoms with Gasteiger partial charge in [0.25, 0.3) is 0 Å². The third-order valence-electron chi connectivity index (χ3n) is 4.48. The summed E-state index contributed by atoms with van der Waals surface area (Å²) in [6, 6.07) is 5.60. The Morgan fingerprint density at radius 2 is 2.05 bits per heavy atom. The second kappa shape index (κ2) is 6.94. The van der Waals surface area contributed by atoms with Crippen LogP contribution >= 0.6 is 0 Å². The maximum atomic E-state index is 12.2. The average molecular weight is 289 g/mol. The highest BCUT2D eigenvalue weighted by Crippen LogP contribution is 2.24. The minimum absolute atomic E-state index is 0.0479. The number of rotatable bonds is 4. The Bertz CT molecular complexity index is 491. The van der Waals surface area contributed by atoms with Crippen molar-refractivity contribution in [3.05, 3.63) is 23.8 Å². The van der Waals surface area contributed by atoms with E-state index in [9.17, 15) is 4.79 Å². The number of piperidine rings is 1. The van der Waals surface area contributed by atoms with Crippen molar-refractivity contribution in [3.63, 3.8) is 0 Å². The van der Waals surface area contributed by atoms with Crippen molar-refractivity contribution in [2.75, 3.05) is 30.7 Å². The van der Waals surface area contributed by atoms with Crippen LogP contribution in [0.25, 0.3) is 0 Å². The summed E-state index contributed by atoms with van der Waals surface area (Å²) in [6.07, 6.45) is 2.39. The van der Waals surface area contributed by atoms with E-state index in [0.29, 0.717) is 12.2 Å². The number of amides is 1. The molecule has 1 aliphatic heterocycles. The Balaban J connectivity index is 1.84. The number of nitrogens with two attached hydrogens (primary N) is 1. The number of likely N-dealkylation sites (tertiary alicyclic amines) is 1. The summed E-state index contributed by atoms with van der Waals surface area (Å²) in [5, 5.41) is 2.97. The normalized spacial score (nSPS) is 17.1. The average Bonchev–Trinajstić information content (AvgIpc) is 2.43. The van der Waals surface area contributed by atoms with Crippen molar-refractivity contribution >= 4 is 17.3 Å². The first kappa shape index (κ1) is 15.8. The van der Waals surface area contributed by atoms with Crippen molar-refractivity contribution in [3.8, 4) is 0 Å². The molecule has 0 saturated carbocycles. The molecular weight excluding hydrogens is 262 g/mol. The molecule has 1 saturated heterocycles. The summed E-state index contributed by atoms with van der Waals surface area (Å²) in [4.78, 5) is 14.4. The maximum absolute atomic E-state index is 12.2. The van der Waals surface area contributed by atoms with E-state index in [0.717, 1.165) is 36.2 Å². The minimum Gasteiger partial charge on any atom is -0.399 e. The molecule has 0 aliphatic carbocycles. The molecule has 116 valence electrons. The predicted octanol–water partition coefficient (Wildman–Crippen LogP) is 2.88. The van der Waals surface area contributed by atoms with E-state index in [1.807, 2.05) is 25.1 Å². The number of hydrogen-bond acceptors (Lipinski definition) is 3. The van der Waals surface area contributed by atoms with E-state index in [2.05, 4.69) is 24.1 Å². The van der Waals surface area contributed by atoms with E-state index in [4.69, 9.17) is 5.73 Å². The van der Waals surface area contributed by atoms with Crippen molar-refractivity contribution in [2.45, 2.75) is 33.6 Å². The van der Waals surface area contributed by atoms with Crippen LogP contribution in [0.5, 0.6) is 0 Å². The number of anilines is 2. The van der Waals surface area contributed by atoms with Crippen molar-refractivity contribution < 1.29 is 4.79 Å². The second-order valence-electron chi connectivity index (χ2n) is 6.48. The zero-order chi connectivity index (χ0) is 15.4. The molecule has 1 aliphatic rings. The summed E-state index contributed by atoms with van der Waals surface area (Å²) in [5.74, 6) is 1.60. The van der Waals surface area contributed by atoms with Crippen molar-refractivity contribution in [2.24, 2.45) is 11.8 Å². The molecule has 0 spiro atoms. The van der Waals surface area contributed by atoms with E-state index in [1.165, 1.54) is 12.8 Å². The Labute approximate surface area is 127 Å². The van der Waals surface area contributed by atoms with Crippen LogP contribution in [0, 0.1) is 18.8 Å². The lowest BCUT2D eigenvalue weighted by atomic mass is 9.87. The summed E-state index contributed by atoms with van der Waals surface area (Å²) in [7, 11) is 0. The van der Waals surface area contributed by atoms with E-state index in [-0.39, 0.29) is 5.91 Å². The standard InChI is InChI=1S/C17H27N3O/c1-12(2)14-6-8-20(9-7-14)11-17(21)19-16-10-15(18)5-4-13(16)3/h4-5,10,12,14H,6-9,11,18H2,1-3H3,(H,19,21). The van der Waals surface area contributed by atoms with E-state index >= 15 is 0 Å². The molecule has 0 atom stereocenters. The van der Waals surface area contributed by atoms with Crippen LogP contribution in [0.15, 0.2) is 18.2 Å². The predicted molar refractivity (Wildman–Crippen MR) is 88.2 cm³/mol. The highest BCUT2D eigenvalue weighted by atomic mass is 16.2. The Kier molecular flexibility index (Phi) is 5.23. The largest absolute Gasteiger partial charge is 0.399 e. The van der Waals surface area contributed by atoms with Gasteiger partial charge in [-0.2, -0.15) is 0 Å². The van der Waals surface area contributed by atoms with Crippen LogP contribution < -0.4 is 11.1 Å². The van der Waals surface area contributed by atoms with Crippen LogP contribution in [0.3, 0.4) is 0 Å². The van der Waals surface area contributed by atoms with Crippen LogP contribution in [0.2, 0.25) is 0 Å². The number of carbonyl (C=O) groups excluding carboxylic acids is 1. The van der Waals surface area contributed by atoms with Gasteiger partial charge >= 0.3 is 0 Å². The Hall–Kier alpha value is -1.55. The third-order valence-corrected chi connectivity index (χ3v) is 4.48. The van der Waals surface area contributed by atoms with Gasteiger partial charge in [0, 0.05) is 11.4 Å². The van der Waals surface area contributed by atoms with Crippen LogP contribution in [-0.2, 0) is 4.79 Å². The van der Waals surface area contributed by atoms with Gasteiger partial charge in [-0.05, 0) is 62.4 Å². The Morgan fingerprint density at radius 1 is 1.38 bits per heavy atom. The van der Waals surface area contributed by atoms with Gasteiger partial charge in [0.05, 0.1) is 6.54 Å². The van der Waals surface area contributed by atoms with Crippen molar-refractivity contribution in [1.82, 2.24) is 4.90 Å². The first-order valence-corrected chi connectivity index (χ1v) is 7.84. The summed E-state index contributed by atoms with van der Waals surface area (Å²) >= 11 is 0. The maximum Gasteiger partial charge on any atom is 0.238 e. The smallest absolute Gasteiger partial charge is 0.238 e. The molecule has 21 heavy (non-hydrogen) atoms. The highest BCUT2D eigenvalue weighted by Gasteiger charge is 2.22. The fraction of sp³-hybridized carbons (Fsp3) is 0.588. The molecule has 0 aromatic heterocycles. The number of nitrogen functional groups attached to an aromatic ring is 1. The molecule has 1 aromatic carbocycles. The van der Waals surface area contributed by atoms with Gasteiger partial charge in [-0.15, -0.1) is 0 Å². The number of aryl methyl sites for hydroxylation is 1. The topological polar surface area (TPSA) is 58.4 Å². The molecule has 0 radical (unpaired) electrons. The third kappa shape index (κ3) is 4.46. The van der Waals surface area contributed by atoms with Gasteiger partial charge < -0.3 is 11.1 Å². The van der Waals surface area contributed by atoms with Gasteiger partial charge in [0.2, 0.25) is 5.91 Å². The molecule has 0 unspecified atom stereocenters. The molecule has 1 aromatic rings. The lowest BCUT2D eigenvalue weighted by molar-refractivity contribution is -0.117. The van der Waals surface area contributed by atoms with Gasteiger partial charge in [0.15, 0.2) is 0 Å². The molecule has 1 heterocycles. The Morgan fingerprint density at radius 3 is 2.67 bits per heavy atom. The van der Waals surface area contributed by atoms with Crippen molar-refractivity contribution in [1.29, 1.82) is 0 Å². The van der Waals surface area contributed by atoms with E-state index in [1.54, 1.807) is 0 Å². The van der Waals surface area contributed by atoms with Crippen LogP contribution in [0.4, 0.5) is 11.4 Å². The van der Waals surface area contributed by atoms with Crippen LogP contribution in [-0.4, -0.2) is 30.4 Å². The zero-order valence-electron chi connectivity index (χ0n) is 13.4. The fourth-order valence-electron chi connectivity index (χ4n) is 2.94. The first-order valence-electron chi connectivity index (χ1n) is 7.84. The molecule has 0 bridgehead atoms. The van der Waals surface area contributed by atoms with Crippen LogP contribution in [0.1, 0.15) is 32.3 Å². The summed E-state index contributed by atoms with van der Waals surface area (Å²) < 4.78 is 0. The summed E-state index contributed by atoms with van der Waals surface area (Å²) in [6.45, 7) is 9.06. The number of nitrogens with one attached hydrogen (secondary N) is 1. The quantitative estimate of drug-likeness (QED) is 0.838.